The Morgan fingerprint density at radius 1 is 1.56 bits per heavy atom. The normalized spacial score (nSPS) is 12.5. The third-order valence-corrected chi connectivity index (χ3v) is 2.89. The van der Waals surface area contributed by atoms with Crippen LogP contribution in [0.2, 0.25) is 0 Å². The fourth-order valence-corrected chi connectivity index (χ4v) is 1.74. The highest BCUT2D eigenvalue weighted by molar-refractivity contribution is 9.10. The predicted molar refractivity (Wildman–Crippen MR) is 64.1 cm³/mol. The van der Waals surface area contributed by atoms with Gasteiger partial charge in [-0.15, -0.1) is 0 Å². The largest absolute Gasteiger partial charge is 0.385 e. The Morgan fingerprint density at radius 2 is 2.25 bits per heavy atom. The van der Waals surface area contributed by atoms with E-state index in [-0.39, 0.29) is 17.3 Å². The quantitative estimate of drug-likeness (QED) is 0.776. The van der Waals surface area contributed by atoms with Gasteiger partial charge in [-0.3, -0.25) is 4.79 Å². The van der Waals surface area contributed by atoms with Gasteiger partial charge in [0.1, 0.15) is 5.82 Å². The monoisotopic (exact) mass is 288 g/mol. The van der Waals surface area contributed by atoms with Crippen LogP contribution in [0, 0.1) is 11.7 Å². The van der Waals surface area contributed by atoms with Gasteiger partial charge in [0.2, 0.25) is 0 Å². The van der Waals surface area contributed by atoms with Gasteiger partial charge < -0.3 is 4.74 Å². The number of carbonyl (C=O) groups excluding carboxylic acids is 1. The molecule has 0 amide bonds. The van der Waals surface area contributed by atoms with Crippen LogP contribution in [-0.2, 0) is 4.74 Å². The second-order valence-electron chi connectivity index (χ2n) is 3.67. The van der Waals surface area contributed by atoms with Gasteiger partial charge in [0.25, 0.3) is 0 Å². The van der Waals surface area contributed by atoms with Crippen molar-refractivity contribution < 1.29 is 13.9 Å². The summed E-state index contributed by atoms with van der Waals surface area (Å²) >= 11 is 3.22. The Balaban J connectivity index is 2.83. The molecule has 0 N–H and O–H groups in total. The van der Waals surface area contributed by atoms with Gasteiger partial charge in [-0.25, -0.2) is 4.39 Å². The summed E-state index contributed by atoms with van der Waals surface area (Å²) in [5.74, 6) is -0.892. The molecule has 1 atom stereocenters. The molecule has 0 saturated heterocycles. The first-order chi connectivity index (χ1) is 7.56. The summed E-state index contributed by atoms with van der Waals surface area (Å²) in [6, 6.07) is 4.38. The van der Waals surface area contributed by atoms with E-state index in [9.17, 15) is 9.18 Å². The lowest BCUT2D eigenvalue weighted by molar-refractivity contribution is 0.0889. The summed E-state index contributed by atoms with van der Waals surface area (Å²) in [6.07, 6.45) is 0.598. The topological polar surface area (TPSA) is 26.3 Å². The van der Waals surface area contributed by atoms with Crippen LogP contribution in [0.25, 0.3) is 0 Å². The molecule has 0 aliphatic rings. The summed E-state index contributed by atoms with van der Waals surface area (Å²) < 4.78 is 19.0. The van der Waals surface area contributed by atoms with E-state index in [2.05, 4.69) is 15.9 Å². The van der Waals surface area contributed by atoms with E-state index in [4.69, 9.17) is 4.74 Å². The molecule has 0 saturated carbocycles. The molecule has 0 aliphatic carbocycles. The first kappa shape index (κ1) is 13.3. The van der Waals surface area contributed by atoms with Crippen LogP contribution in [0.15, 0.2) is 22.7 Å². The van der Waals surface area contributed by atoms with E-state index in [1.165, 1.54) is 12.1 Å². The molecule has 4 heteroatoms. The first-order valence-corrected chi connectivity index (χ1v) is 5.83. The van der Waals surface area contributed by atoms with Gasteiger partial charge in [0, 0.05) is 24.1 Å². The summed E-state index contributed by atoms with van der Waals surface area (Å²) in [5.41, 5.74) is 0.137. The molecule has 88 valence electrons. The molecule has 16 heavy (non-hydrogen) atoms. The average molecular weight is 289 g/mol. The van der Waals surface area contributed by atoms with E-state index < -0.39 is 5.82 Å². The van der Waals surface area contributed by atoms with Crippen molar-refractivity contribution in [2.45, 2.75) is 13.3 Å². The van der Waals surface area contributed by atoms with Crippen LogP contribution in [0.1, 0.15) is 23.7 Å². The highest BCUT2D eigenvalue weighted by atomic mass is 79.9. The van der Waals surface area contributed by atoms with Crippen molar-refractivity contribution in [2.75, 3.05) is 13.7 Å². The third kappa shape index (κ3) is 3.39. The first-order valence-electron chi connectivity index (χ1n) is 5.04. The Bertz CT molecular complexity index is 379. The van der Waals surface area contributed by atoms with Gasteiger partial charge in [-0.2, -0.15) is 0 Å². The number of halogens is 2. The molecule has 0 aliphatic heterocycles. The number of hydrogen-bond donors (Lipinski definition) is 0. The maximum atomic E-state index is 13.4. The van der Waals surface area contributed by atoms with Crippen LogP contribution in [0.5, 0.6) is 0 Å². The predicted octanol–water partition coefficient (Wildman–Crippen LogP) is 3.44. The third-order valence-electron chi connectivity index (χ3n) is 2.40. The van der Waals surface area contributed by atoms with E-state index in [0.717, 1.165) is 0 Å². The van der Waals surface area contributed by atoms with Crippen molar-refractivity contribution in [2.24, 2.45) is 5.92 Å². The number of ether oxygens (including phenoxy) is 1. The van der Waals surface area contributed by atoms with Gasteiger partial charge in [0.15, 0.2) is 5.78 Å². The fraction of sp³-hybridized carbons (Fsp3) is 0.417. The number of benzene rings is 1. The SMILES string of the molecule is COCCC(C)C(=O)c1cc(Br)ccc1F. The maximum absolute atomic E-state index is 13.4. The number of ketones is 1. The molecule has 2 nitrogen and oxygen atoms in total. The zero-order valence-electron chi connectivity index (χ0n) is 9.30. The minimum Gasteiger partial charge on any atom is -0.385 e. The maximum Gasteiger partial charge on any atom is 0.168 e. The van der Waals surface area contributed by atoms with E-state index in [1.54, 1.807) is 20.1 Å². The fourth-order valence-electron chi connectivity index (χ4n) is 1.38. The molecule has 1 unspecified atom stereocenters. The summed E-state index contributed by atoms with van der Waals surface area (Å²) in [4.78, 5) is 11.9. The molecule has 1 rings (SSSR count). The highest BCUT2D eigenvalue weighted by Crippen LogP contribution is 2.20. The van der Waals surface area contributed by atoms with Gasteiger partial charge in [0.05, 0.1) is 5.56 Å². The second kappa shape index (κ2) is 6.11. The van der Waals surface area contributed by atoms with Crippen molar-refractivity contribution in [3.05, 3.63) is 34.1 Å². The molecule has 0 heterocycles. The molecule has 1 aromatic rings. The Hall–Kier alpha value is -0.740. The lowest BCUT2D eigenvalue weighted by Crippen LogP contribution is -2.15. The number of hydrogen-bond acceptors (Lipinski definition) is 2. The van der Waals surface area contributed by atoms with Crippen molar-refractivity contribution in [3.63, 3.8) is 0 Å². The van der Waals surface area contributed by atoms with Crippen molar-refractivity contribution in [1.82, 2.24) is 0 Å². The molecule has 1 aromatic carbocycles. The van der Waals surface area contributed by atoms with Crippen LogP contribution >= 0.6 is 15.9 Å². The molecule has 0 radical (unpaired) electrons. The summed E-state index contributed by atoms with van der Waals surface area (Å²) in [6.45, 7) is 2.28. The zero-order chi connectivity index (χ0) is 12.1. The second-order valence-corrected chi connectivity index (χ2v) is 4.59. The highest BCUT2D eigenvalue weighted by Gasteiger charge is 2.18. The van der Waals surface area contributed by atoms with Gasteiger partial charge in [-0.1, -0.05) is 22.9 Å². The lowest BCUT2D eigenvalue weighted by atomic mass is 9.96. The summed E-state index contributed by atoms with van der Waals surface area (Å²) in [5, 5.41) is 0. The number of rotatable bonds is 5. The molecule has 0 spiro atoms. The van der Waals surface area contributed by atoms with Crippen molar-refractivity contribution in [3.8, 4) is 0 Å². The standard InChI is InChI=1S/C12H14BrFO2/c1-8(5-6-16-2)12(15)10-7-9(13)3-4-11(10)14/h3-4,7-8H,5-6H2,1-2H3. The molecular formula is C12H14BrFO2. The Morgan fingerprint density at radius 3 is 2.88 bits per heavy atom. The number of methoxy groups -OCH3 is 1. The average Bonchev–Trinajstić information content (AvgIpc) is 2.28. The van der Waals surface area contributed by atoms with E-state index in [1.807, 2.05) is 0 Å². The molecule has 0 fully saturated rings. The van der Waals surface area contributed by atoms with E-state index in [0.29, 0.717) is 17.5 Å². The van der Waals surface area contributed by atoms with Crippen molar-refractivity contribution >= 4 is 21.7 Å². The molecule has 0 aromatic heterocycles. The van der Waals surface area contributed by atoms with Crippen LogP contribution in [0.3, 0.4) is 0 Å². The summed E-state index contributed by atoms with van der Waals surface area (Å²) in [7, 11) is 1.58. The van der Waals surface area contributed by atoms with Crippen molar-refractivity contribution in [1.29, 1.82) is 0 Å². The van der Waals surface area contributed by atoms with Gasteiger partial charge in [-0.05, 0) is 24.6 Å². The Labute approximate surface area is 103 Å². The van der Waals surface area contributed by atoms with Crippen LogP contribution < -0.4 is 0 Å². The smallest absolute Gasteiger partial charge is 0.168 e. The molecular weight excluding hydrogens is 275 g/mol. The zero-order valence-corrected chi connectivity index (χ0v) is 10.9. The van der Waals surface area contributed by atoms with E-state index >= 15 is 0 Å². The molecule has 0 bridgehead atoms. The van der Waals surface area contributed by atoms with Crippen LogP contribution in [-0.4, -0.2) is 19.5 Å². The number of carbonyl (C=O) groups is 1. The van der Waals surface area contributed by atoms with Gasteiger partial charge >= 0.3 is 0 Å². The number of Topliss-reactive ketones (excluding diaryl/α,β-unsaturated/α-hetero) is 1. The minimum atomic E-state index is -0.475. The minimum absolute atomic E-state index is 0.137. The lowest BCUT2D eigenvalue weighted by Gasteiger charge is -2.10. The Kier molecular flexibility index (Phi) is 5.09. The van der Waals surface area contributed by atoms with Crippen LogP contribution in [0.4, 0.5) is 4.39 Å².